The van der Waals surface area contributed by atoms with Gasteiger partial charge in [-0.25, -0.2) is 0 Å². The molecule has 1 fully saturated rings. The fourth-order valence-corrected chi connectivity index (χ4v) is 2.56. The average Bonchev–Trinajstić information content (AvgIpc) is 2.84. The van der Waals surface area contributed by atoms with Crippen molar-refractivity contribution in [2.45, 2.75) is 46.5 Å². The van der Waals surface area contributed by atoms with Crippen molar-refractivity contribution in [1.29, 1.82) is 0 Å². The normalized spacial score (nSPS) is 20.6. The predicted molar refractivity (Wildman–Crippen MR) is 76.4 cm³/mol. The van der Waals surface area contributed by atoms with E-state index in [4.69, 9.17) is 9.84 Å². The minimum absolute atomic E-state index is 0.0119. The maximum atomic E-state index is 11.9. The SMILES string of the molecule is CC(C)(C)C(CCNC(=O)C1CCOC1)CCC(=O)O. The zero-order valence-electron chi connectivity index (χ0n) is 12.8. The molecule has 0 aliphatic carbocycles. The molecule has 2 atom stereocenters. The van der Waals surface area contributed by atoms with E-state index < -0.39 is 5.97 Å². The molecule has 2 N–H and O–H groups in total. The number of ether oxygens (including phenoxy) is 1. The predicted octanol–water partition coefficient (Wildman–Crippen LogP) is 2.06. The van der Waals surface area contributed by atoms with E-state index in [1.54, 1.807) is 0 Å². The molecule has 5 nitrogen and oxygen atoms in total. The summed E-state index contributed by atoms with van der Waals surface area (Å²) in [6.45, 7) is 8.15. The highest BCUT2D eigenvalue weighted by atomic mass is 16.5. The Bertz CT molecular complexity index is 329. The number of hydrogen-bond acceptors (Lipinski definition) is 3. The summed E-state index contributed by atoms with van der Waals surface area (Å²) in [5.74, 6) is -0.416. The van der Waals surface area contributed by atoms with Crippen molar-refractivity contribution in [2.75, 3.05) is 19.8 Å². The number of nitrogens with one attached hydrogen (secondary N) is 1. The second-order valence-electron chi connectivity index (χ2n) is 6.64. The molecule has 1 aliphatic heterocycles. The van der Waals surface area contributed by atoms with Crippen LogP contribution in [0.2, 0.25) is 0 Å². The first-order chi connectivity index (χ1) is 9.30. The standard InChI is InChI=1S/C15H27NO4/c1-15(2,3)12(4-5-13(17)18)6-8-16-14(19)11-7-9-20-10-11/h11-12H,4-10H2,1-3H3,(H,16,19)(H,17,18). The largest absolute Gasteiger partial charge is 0.481 e. The lowest BCUT2D eigenvalue weighted by Gasteiger charge is -2.30. The number of amides is 1. The van der Waals surface area contributed by atoms with Crippen LogP contribution in [0.1, 0.15) is 46.5 Å². The van der Waals surface area contributed by atoms with Gasteiger partial charge in [0.25, 0.3) is 0 Å². The third kappa shape index (κ3) is 5.90. The summed E-state index contributed by atoms with van der Waals surface area (Å²) in [5, 5.41) is 11.8. The van der Waals surface area contributed by atoms with Crippen molar-refractivity contribution < 1.29 is 19.4 Å². The zero-order chi connectivity index (χ0) is 15.2. The first-order valence-corrected chi connectivity index (χ1v) is 7.38. The van der Waals surface area contributed by atoms with Gasteiger partial charge in [0.1, 0.15) is 0 Å². The highest BCUT2D eigenvalue weighted by Gasteiger charge is 2.26. The summed E-state index contributed by atoms with van der Waals surface area (Å²) in [4.78, 5) is 22.6. The van der Waals surface area contributed by atoms with E-state index >= 15 is 0 Å². The molecule has 0 spiro atoms. The lowest BCUT2D eigenvalue weighted by Crippen LogP contribution is -2.34. The average molecular weight is 285 g/mol. The molecule has 0 saturated carbocycles. The fraction of sp³-hybridized carbons (Fsp3) is 0.867. The molecule has 1 saturated heterocycles. The molecular weight excluding hydrogens is 258 g/mol. The van der Waals surface area contributed by atoms with Crippen molar-refractivity contribution in [3.8, 4) is 0 Å². The Morgan fingerprint density at radius 1 is 1.35 bits per heavy atom. The molecule has 5 heteroatoms. The number of carboxylic acids is 1. The van der Waals surface area contributed by atoms with Crippen LogP contribution >= 0.6 is 0 Å². The molecule has 1 rings (SSSR count). The first kappa shape index (κ1) is 17.0. The van der Waals surface area contributed by atoms with Gasteiger partial charge in [-0.05, 0) is 30.6 Å². The number of rotatable bonds is 7. The van der Waals surface area contributed by atoms with Gasteiger partial charge in [-0.3, -0.25) is 9.59 Å². The van der Waals surface area contributed by atoms with Crippen molar-refractivity contribution in [3.05, 3.63) is 0 Å². The second-order valence-corrected chi connectivity index (χ2v) is 6.64. The van der Waals surface area contributed by atoms with Crippen LogP contribution in [0.5, 0.6) is 0 Å². The van der Waals surface area contributed by atoms with Crippen LogP contribution in [0.4, 0.5) is 0 Å². The molecule has 0 aromatic rings. The van der Waals surface area contributed by atoms with E-state index in [-0.39, 0.29) is 23.7 Å². The monoisotopic (exact) mass is 285 g/mol. The number of carbonyl (C=O) groups excluding carboxylic acids is 1. The lowest BCUT2D eigenvalue weighted by molar-refractivity contribution is -0.137. The summed E-state index contributed by atoms with van der Waals surface area (Å²) in [6.07, 6.45) is 2.46. The van der Waals surface area contributed by atoms with Gasteiger partial charge in [0.05, 0.1) is 12.5 Å². The highest BCUT2D eigenvalue weighted by molar-refractivity contribution is 5.78. The number of aliphatic carboxylic acids is 1. The Kier molecular flexibility index (Phi) is 6.46. The molecule has 1 amide bonds. The molecule has 2 unspecified atom stereocenters. The third-order valence-electron chi connectivity index (χ3n) is 4.02. The van der Waals surface area contributed by atoms with E-state index in [2.05, 4.69) is 26.1 Å². The van der Waals surface area contributed by atoms with Gasteiger partial charge in [-0.15, -0.1) is 0 Å². The Morgan fingerprint density at radius 2 is 2.05 bits per heavy atom. The topological polar surface area (TPSA) is 75.6 Å². The Morgan fingerprint density at radius 3 is 2.55 bits per heavy atom. The third-order valence-corrected chi connectivity index (χ3v) is 4.02. The van der Waals surface area contributed by atoms with E-state index in [1.807, 2.05) is 0 Å². The van der Waals surface area contributed by atoms with Crippen LogP contribution in [0.3, 0.4) is 0 Å². The Labute approximate surface area is 121 Å². The lowest BCUT2D eigenvalue weighted by atomic mass is 9.76. The van der Waals surface area contributed by atoms with E-state index in [0.29, 0.717) is 32.1 Å². The molecular formula is C15H27NO4. The van der Waals surface area contributed by atoms with Crippen molar-refractivity contribution in [1.82, 2.24) is 5.32 Å². The molecule has 1 heterocycles. The number of hydrogen-bond donors (Lipinski definition) is 2. The van der Waals surface area contributed by atoms with E-state index in [0.717, 1.165) is 12.8 Å². The van der Waals surface area contributed by atoms with Gasteiger partial charge in [-0.2, -0.15) is 0 Å². The summed E-state index contributed by atoms with van der Waals surface area (Å²) in [5.41, 5.74) is 0.0522. The van der Waals surface area contributed by atoms with Crippen LogP contribution in [-0.4, -0.2) is 36.7 Å². The highest BCUT2D eigenvalue weighted by Crippen LogP contribution is 2.32. The van der Waals surface area contributed by atoms with Gasteiger partial charge < -0.3 is 15.2 Å². The van der Waals surface area contributed by atoms with E-state index in [9.17, 15) is 9.59 Å². The van der Waals surface area contributed by atoms with Crippen molar-refractivity contribution >= 4 is 11.9 Å². The minimum atomic E-state index is -0.758. The van der Waals surface area contributed by atoms with Crippen LogP contribution in [0, 0.1) is 17.3 Å². The van der Waals surface area contributed by atoms with Crippen LogP contribution < -0.4 is 5.32 Å². The second kappa shape index (κ2) is 7.62. The molecule has 0 bridgehead atoms. The molecule has 20 heavy (non-hydrogen) atoms. The maximum Gasteiger partial charge on any atom is 0.303 e. The molecule has 1 aliphatic rings. The van der Waals surface area contributed by atoms with Gasteiger partial charge in [-0.1, -0.05) is 20.8 Å². The van der Waals surface area contributed by atoms with Gasteiger partial charge in [0.15, 0.2) is 0 Å². The smallest absolute Gasteiger partial charge is 0.303 e. The van der Waals surface area contributed by atoms with E-state index in [1.165, 1.54) is 0 Å². The molecule has 0 radical (unpaired) electrons. The van der Waals surface area contributed by atoms with Crippen LogP contribution in [0.25, 0.3) is 0 Å². The quantitative estimate of drug-likeness (QED) is 0.750. The van der Waals surface area contributed by atoms with Crippen molar-refractivity contribution in [3.63, 3.8) is 0 Å². The Hall–Kier alpha value is -1.10. The number of carboxylic acid groups (broad SMARTS) is 1. The van der Waals surface area contributed by atoms with Crippen LogP contribution in [0.15, 0.2) is 0 Å². The fourth-order valence-electron chi connectivity index (χ4n) is 2.56. The number of carbonyl (C=O) groups is 2. The van der Waals surface area contributed by atoms with Gasteiger partial charge >= 0.3 is 5.97 Å². The summed E-state index contributed by atoms with van der Waals surface area (Å²) >= 11 is 0. The Balaban J connectivity index is 2.33. The summed E-state index contributed by atoms with van der Waals surface area (Å²) in [6, 6.07) is 0. The molecule has 0 aromatic carbocycles. The van der Waals surface area contributed by atoms with Crippen LogP contribution in [-0.2, 0) is 14.3 Å². The molecule has 116 valence electrons. The minimum Gasteiger partial charge on any atom is -0.481 e. The van der Waals surface area contributed by atoms with Crippen molar-refractivity contribution in [2.24, 2.45) is 17.3 Å². The summed E-state index contributed by atoms with van der Waals surface area (Å²) in [7, 11) is 0. The maximum absolute atomic E-state index is 11.9. The first-order valence-electron chi connectivity index (χ1n) is 7.38. The van der Waals surface area contributed by atoms with Gasteiger partial charge in [0, 0.05) is 19.6 Å². The zero-order valence-corrected chi connectivity index (χ0v) is 12.8. The molecule has 0 aromatic heterocycles. The summed E-state index contributed by atoms with van der Waals surface area (Å²) < 4.78 is 5.20. The van der Waals surface area contributed by atoms with Gasteiger partial charge in [0.2, 0.25) is 5.91 Å².